The lowest BCUT2D eigenvalue weighted by Crippen LogP contribution is -2.14. The average molecular weight is 219 g/mol. The van der Waals surface area contributed by atoms with Gasteiger partial charge in [-0.05, 0) is 12.2 Å². The fourth-order valence-electron chi connectivity index (χ4n) is 1.33. The van der Waals surface area contributed by atoms with E-state index in [0.717, 1.165) is 5.56 Å². The molecule has 76 valence electrons. The van der Waals surface area contributed by atoms with E-state index in [1.54, 1.807) is 0 Å². The van der Waals surface area contributed by atoms with Crippen molar-refractivity contribution in [2.75, 3.05) is 5.73 Å². The molecule has 5 heteroatoms. The summed E-state index contributed by atoms with van der Waals surface area (Å²) in [6.07, 6.45) is 0. The second-order valence-corrected chi connectivity index (χ2v) is 3.47. The van der Waals surface area contributed by atoms with Gasteiger partial charge >= 0.3 is 0 Å². The summed E-state index contributed by atoms with van der Waals surface area (Å²) in [6, 6.07) is 9.34. The van der Waals surface area contributed by atoms with Crippen LogP contribution in [0.2, 0.25) is 0 Å². The van der Waals surface area contributed by atoms with Crippen molar-refractivity contribution in [1.82, 2.24) is 9.97 Å². The van der Waals surface area contributed by atoms with Crippen LogP contribution in [0.25, 0.3) is 11.3 Å². The van der Waals surface area contributed by atoms with Crippen molar-refractivity contribution in [1.29, 1.82) is 0 Å². The number of hydrogen-bond donors (Lipinski definition) is 3. The second-order valence-electron chi connectivity index (χ2n) is 3.06. The largest absolute Gasteiger partial charge is 0.393 e. The van der Waals surface area contributed by atoms with Gasteiger partial charge in [0, 0.05) is 5.56 Å². The van der Waals surface area contributed by atoms with Crippen molar-refractivity contribution in [3.05, 3.63) is 45.5 Å². The van der Waals surface area contributed by atoms with Crippen molar-refractivity contribution in [2.45, 2.75) is 0 Å². The van der Waals surface area contributed by atoms with E-state index < -0.39 is 0 Å². The van der Waals surface area contributed by atoms with Gasteiger partial charge in [-0.1, -0.05) is 30.3 Å². The molecule has 0 saturated carbocycles. The Morgan fingerprint density at radius 1 is 1.13 bits per heavy atom. The van der Waals surface area contributed by atoms with E-state index in [0.29, 0.717) is 5.69 Å². The zero-order valence-electron chi connectivity index (χ0n) is 7.78. The maximum Gasteiger partial charge on any atom is 0.275 e. The number of anilines is 1. The topological polar surface area (TPSA) is 74.7 Å². The smallest absolute Gasteiger partial charge is 0.275 e. The Hall–Kier alpha value is -1.88. The molecule has 0 atom stereocenters. The molecule has 0 radical (unpaired) electrons. The van der Waals surface area contributed by atoms with Crippen molar-refractivity contribution in [3.63, 3.8) is 0 Å². The maximum absolute atomic E-state index is 11.4. The molecule has 0 saturated heterocycles. The molecule has 4 N–H and O–H groups in total. The van der Waals surface area contributed by atoms with Gasteiger partial charge in [-0.2, -0.15) is 0 Å². The second kappa shape index (κ2) is 3.70. The van der Waals surface area contributed by atoms with E-state index in [2.05, 4.69) is 9.97 Å². The van der Waals surface area contributed by atoms with Crippen LogP contribution in [-0.4, -0.2) is 9.97 Å². The summed E-state index contributed by atoms with van der Waals surface area (Å²) >= 11 is 4.88. The number of aromatic nitrogens is 2. The van der Waals surface area contributed by atoms with Crippen molar-refractivity contribution >= 4 is 17.9 Å². The van der Waals surface area contributed by atoms with Crippen LogP contribution in [0.1, 0.15) is 0 Å². The van der Waals surface area contributed by atoms with Crippen LogP contribution < -0.4 is 11.3 Å². The molecule has 1 aromatic carbocycles. The third kappa shape index (κ3) is 1.82. The number of H-pyrrole nitrogens is 2. The van der Waals surface area contributed by atoms with Crippen molar-refractivity contribution in [3.8, 4) is 11.3 Å². The van der Waals surface area contributed by atoms with Gasteiger partial charge in [0.15, 0.2) is 4.77 Å². The fraction of sp³-hybridized carbons (Fsp3) is 0. The molecule has 1 heterocycles. The number of nitrogen functional groups attached to an aromatic ring is 1. The lowest BCUT2D eigenvalue weighted by atomic mass is 10.1. The monoisotopic (exact) mass is 219 g/mol. The molecule has 0 aliphatic carbocycles. The van der Waals surface area contributed by atoms with Gasteiger partial charge in [0.2, 0.25) is 0 Å². The summed E-state index contributed by atoms with van der Waals surface area (Å²) < 4.78 is 0.271. The molecule has 0 aliphatic heterocycles. The lowest BCUT2D eigenvalue weighted by molar-refractivity contribution is 1.10. The number of rotatable bonds is 1. The predicted octanol–water partition coefficient (Wildman–Crippen LogP) is 1.68. The minimum atomic E-state index is -0.363. The average Bonchev–Trinajstić information content (AvgIpc) is 2.24. The molecule has 0 fully saturated rings. The lowest BCUT2D eigenvalue weighted by Gasteiger charge is -2.04. The minimum absolute atomic E-state index is 0.148. The summed E-state index contributed by atoms with van der Waals surface area (Å²) in [6.45, 7) is 0. The highest BCUT2D eigenvalue weighted by Gasteiger charge is 2.05. The van der Waals surface area contributed by atoms with E-state index in [4.69, 9.17) is 18.0 Å². The Bertz CT molecular complexity index is 586. The first-order valence-electron chi connectivity index (χ1n) is 4.36. The Kier molecular flexibility index (Phi) is 2.39. The summed E-state index contributed by atoms with van der Waals surface area (Å²) in [5.41, 5.74) is 6.85. The molecule has 0 spiro atoms. The molecule has 2 aromatic rings. The standard InChI is InChI=1S/C10H9N3OS/c11-7-8(6-4-2-1-3-5-6)12-10(15)13-9(7)14/h1-5H,11H2,(H2,12,13,14,15). The van der Waals surface area contributed by atoms with E-state index in [1.165, 1.54) is 0 Å². The molecule has 2 rings (SSSR count). The van der Waals surface area contributed by atoms with Crippen molar-refractivity contribution in [2.24, 2.45) is 0 Å². The van der Waals surface area contributed by atoms with Crippen LogP contribution in [0.4, 0.5) is 5.69 Å². The van der Waals surface area contributed by atoms with E-state index in [9.17, 15) is 4.79 Å². The molecule has 15 heavy (non-hydrogen) atoms. The number of aromatic amines is 2. The van der Waals surface area contributed by atoms with Crippen LogP contribution in [0, 0.1) is 4.77 Å². The Balaban J connectivity index is 2.74. The quantitative estimate of drug-likeness (QED) is 0.639. The van der Waals surface area contributed by atoms with E-state index >= 15 is 0 Å². The molecular weight excluding hydrogens is 210 g/mol. The summed E-state index contributed by atoms with van der Waals surface area (Å²) in [5, 5.41) is 0. The zero-order valence-corrected chi connectivity index (χ0v) is 8.60. The van der Waals surface area contributed by atoms with Crippen LogP contribution in [0.3, 0.4) is 0 Å². The summed E-state index contributed by atoms with van der Waals surface area (Å²) in [5.74, 6) is 0. The molecule has 0 amide bonds. The van der Waals surface area contributed by atoms with E-state index in [-0.39, 0.29) is 16.0 Å². The number of nitrogens with two attached hydrogens (primary N) is 1. The molecule has 0 bridgehead atoms. The molecular formula is C10H9N3OS. The Morgan fingerprint density at radius 3 is 2.47 bits per heavy atom. The number of benzene rings is 1. The highest BCUT2D eigenvalue weighted by molar-refractivity contribution is 7.71. The maximum atomic E-state index is 11.4. The SMILES string of the molecule is Nc1c(-c2ccccc2)[nH]c(=S)[nH]c1=O. The van der Waals surface area contributed by atoms with Crippen LogP contribution in [0.15, 0.2) is 35.1 Å². The van der Waals surface area contributed by atoms with Gasteiger partial charge in [-0.25, -0.2) is 0 Å². The number of nitrogens with one attached hydrogen (secondary N) is 2. The van der Waals surface area contributed by atoms with Crippen LogP contribution >= 0.6 is 12.2 Å². The highest BCUT2D eigenvalue weighted by atomic mass is 32.1. The van der Waals surface area contributed by atoms with Gasteiger partial charge in [-0.15, -0.1) is 0 Å². The minimum Gasteiger partial charge on any atom is -0.393 e. The third-order valence-corrected chi connectivity index (χ3v) is 2.25. The van der Waals surface area contributed by atoms with Crippen LogP contribution in [0.5, 0.6) is 0 Å². The Morgan fingerprint density at radius 2 is 1.80 bits per heavy atom. The highest BCUT2D eigenvalue weighted by Crippen LogP contribution is 2.19. The number of hydrogen-bond acceptors (Lipinski definition) is 3. The normalized spacial score (nSPS) is 10.1. The third-order valence-electron chi connectivity index (χ3n) is 2.04. The fourth-order valence-corrected chi connectivity index (χ4v) is 1.52. The summed E-state index contributed by atoms with van der Waals surface area (Å²) in [4.78, 5) is 16.7. The molecule has 0 unspecified atom stereocenters. The molecule has 0 aliphatic rings. The van der Waals surface area contributed by atoms with E-state index in [1.807, 2.05) is 30.3 Å². The molecule has 4 nitrogen and oxygen atoms in total. The van der Waals surface area contributed by atoms with Crippen LogP contribution in [-0.2, 0) is 0 Å². The predicted molar refractivity (Wildman–Crippen MR) is 62.1 cm³/mol. The first-order valence-corrected chi connectivity index (χ1v) is 4.77. The Labute approximate surface area is 90.8 Å². The summed E-state index contributed by atoms with van der Waals surface area (Å²) in [7, 11) is 0. The van der Waals surface area contributed by atoms with Gasteiger partial charge < -0.3 is 10.7 Å². The zero-order chi connectivity index (χ0) is 10.8. The molecule has 1 aromatic heterocycles. The van der Waals surface area contributed by atoms with Gasteiger partial charge in [0.25, 0.3) is 5.56 Å². The first-order chi connectivity index (χ1) is 7.18. The van der Waals surface area contributed by atoms with Gasteiger partial charge in [0.05, 0.1) is 5.69 Å². The van der Waals surface area contributed by atoms with Gasteiger partial charge in [-0.3, -0.25) is 9.78 Å². The van der Waals surface area contributed by atoms with Gasteiger partial charge in [0.1, 0.15) is 5.69 Å². The first kappa shape index (κ1) is 9.67. The van der Waals surface area contributed by atoms with Crippen molar-refractivity contribution < 1.29 is 0 Å².